The van der Waals surface area contributed by atoms with Crippen molar-refractivity contribution in [3.05, 3.63) is 90.6 Å². The third kappa shape index (κ3) is 2.77. The topological polar surface area (TPSA) is 93.0 Å². The molecule has 0 unspecified atom stereocenters. The number of aryl methyl sites for hydroxylation is 1. The molecule has 0 aliphatic heterocycles. The van der Waals surface area contributed by atoms with Gasteiger partial charge in [-0.1, -0.05) is 42.5 Å². The van der Waals surface area contributed by atoms with Crippen molar-refractivity contribution in [1.82, 2.24) is 18.9 Å². The molecule has 0 radical (unpaired) electrons. The number of nitriles is 1. The van der Waals surface area contributed by atoms with Crippen LogP contribution in [0.1, 0.15) is 5.56 Å². The molecule has 7 nitrogen and oxygen atoms in total. The minimum absolute atomic E-state index is 0.00399. The van der Waals surface area contributed by atoms with Crippen LogP contribution < -0.4 is 0 Å². The average molecular weight is 464 g/mol. The summed E-state index contributed by atoms with van der Waals surface area (Å²) < 4.78 is 31.4. The van der Waals surface area contributed by atoms with E-state index in [1.807, 2.05) is 60.1 Å². The predicted octanol–water partition coefficient (Wildman–Crippen LogP) is 4.75. The van der Waals surface area contributed by atoms with E-state index in [1.54, 1.807) is 40.9 Å². The molecule has 8 heteroatoms. The molecule has 3 aromatic carbocycles. The zero-order chi connectivity index (χ0) is 23.4. The molecule has 0 N–H and O–H groups in total. The molecule has 3 heterocycles. The summed E-state index contributed by atoms with van der Waals surface area (Å²) in [6, 6.07) is 25.4. The van der Waals surface area contributed by atoms with Crippen molar-refractivity contribution in [3.63, 3.8) is 0 Å². The van der Waals surface area contributed by atoms with Crippen molar-refractivity contribution >= 4 is 37.6 Å². The van der Waals surface area contributed by atoms with Crippen molar-refractivity contribution in [3.8, 4) is 17.5 Å². The van der Waals surface area contributed by atoms with Gasteiger partial charge in [0.1, 0.15) is 22.4 Å². The highest BCUT2D eigenvalue weighted by molar-refractivity contribution is 7.91. The molecule has 0 bridgehead atoms. The van der Waals surface area contributed by atoms with E-state index in [0.717, 1.165) is 11.0 Å². The Hall–Kier alpha value is -4.48. The summed E-state index contributed by atoms with van der Waals surface area (Å²) in [7, 11) is -2.18. The average Bonchev–Trinajstić information content (AvgIpc) is 3.41. The quantitative estimate of drug-likeness (QED) is 0.378. The smallest absolute Gasteiger partial charge is 0.208 e. The lowest BCUT2D eigenvalue weighted by Gasteiger charge is -2.14. The number of hydrogen-bond acceptors (Lipinski definition) is 5. The maximum atomic E-state index is 13.9. The molecular formula is C26H17N5O2S. The van der Waals surface area contributed by atoms with E-state index in [2.05, 4.69) is 11.1 Å². The van der Waals surface area contributed by atoms with Crippen molar-refractivity contribution in [2.24, 2.45) is 7.05 Å². The molecule has 34 heavy (non-hydrogen) atoms. The van der Waals surface area contributed by atoms with Crippen molar-refractivity contribution in [2.75, 3.05) is 0 Å². The van der Waals surface area contributed by atoms with E-state index in [0.29, 0.717) is 22.5 Å². The lowest BCUT2D eigenvalue weighted by atomic mass is 10.1. The number of sulfone groups is 1. The number of pyridine rings is 1. The van der Waals surface area contributed by atoms with E-state index in [1.165, 1.54) is 0 Å². The van der Waals surface area contributed by atoms with Crippen LogP contribution in [0.15, 0.2) is 94.9 Å². The number of aromatic nitrogens is 4. The molecular weight excluding hydrogens is 446 g/mol. The van der Waals surface area contributed by atoms with E-state index < -0.39 is 9.84 Å². The fourth-order valence-corrected chi connectivity index (χ4v) is 5.87. The van der Waals surface area contributed by atoms with Gasteiger partial charge in [-0.25, -0.2) is 18.4 Å². The van der Waals surface area contributed by atoms with Gasteiger partial charge in [0.25, 0.3) is 0 Å². The number of fused-ring (bicyclic) bond motifs is 4. The van der Waals surface area contributed by atoms with Crippen LogP contribution in [0.4, 0.5) is 0 Å². The molecule has 0 atom stereocenters. The summed E-state index contributed by atoms with van der Waals surface area (Å²) in [6.45, 7) is 0. The number of nitrogens with zero attached hydrogens (tertiary/aromatic N) is 5. The minimum Gasteiger partial charge on any atom is -0.327 e. The highest BCUT2D eigenvalue weighted by Crippen LogP contribution is 2.37. The summed E-state index contributed by atoms with van der Waals surface area (Å²) in [5.74, 6) is 0.391. The second-order valence-corrected chi connectivity index (χ2v) is 9.87. The lowest BCUT2D eigenvalue weighted by Crippen LogP contribution is -2.10. The van der Waals surface area contributed by atoms with Crippen LogP contribution in [0.5, 0.6) is 0 Å². The van der Waals surface area contributed by atoms with Gasteiger partial charge < -0.3 is 4.57 Å². The molecule has 3 aromatic heterocycles. The number of hydrogen-bond donors (Lipinski definition) is 0. The molecule has 0 saturated heterocycles. The van der Waals surface area contributed by atoms with Crippen molar-refractivity contribution < 1.29 is 8.42 Å². The molecule has 0 aliphatic carbocycles. The maximum Gasteiger partial charge on any atom is 0.208 e. The van der Waals surface area contributed by atoms with E-state index >= 15 is 0 Å². The van der Waals surface area contributed by atoms with Crippen LogP contribution in [0.2, 0.25) is 0 Å². The first-order valence-corrected chi connectivity index (χ1v) is 12.0. The molecule has 164 valence electrons. The van der Waals surface area contributed by atoms with Gasteiger partial charge in [0.15, 0.2) is 5.65 Å². The molecule has 6 aromatic rings. The molecule has 0 spiro atoms. The third-order valence-corrected chi connectivity index (χ3v) is 7.81. The summed E-state index contributed by atoms with van der Waals surface area (Å²) in [4.78, 5) is 9.54. The lowest BCUT2D eigenvalue weighted by molar-refractivity contribution is 0.595. The molecule has 0 amide bonds. The normalized spacial score (nSPS) is 11.9. The zero-order valence-electron chi connectivity index (χ0n) is 18.0. The summed E-state index contributed by atoms with van der Waals surface area (Å²) in [6.07, 6.45) is 1.56. The van der Waals surface area contributed by atoms with E-state index in [4.69, 9.17) is 4.98 Å². The van der Waals surface area contributed by atoms with Gasteiger partial charge in [0, 0.05) is 13.2 Å². The number of imidazole rings is 2. The van der Waals surface area contributed by atoms with E-state index in [-0.39, 0.29) is 20.9 Å². The fourth-order valence-electron chi connectivity index (χ4n) is 4.40. The SMILES string of the molecule is Cn1c(-c2c(S(=O)(=O)c3ccccc3)cn3c(nc4ccccc43)c2C#N)nc2ccccc21. The van der Waals surface area contributed by atoms with Crippen LogP contribution in [0.25, 0.3) is 39.1 Å². The van der Waals surface area contributed by atoms with E-state index in [9.17, 15) is 13.7 Å². The Morgan fingerprint density at radius 3 is 2.12 bits per heavy atom. The highest BCUT2D eigenvalue weighted by atomic mass is 32.2. The third-order valence-electron chi connectivity index (χ3n) is 6.03. The van der Waals surface area contributed by atoms with Crippen LogP contribution >= 0.6 is 0 Å². The van der Waals surface area contributed by atoms with Gasteiger partial charge in [0.05, 0.1) is 32.5 Å². The second kappa shape index (κ2) is 7.27. The van der Waals surface area contributed by atoms with Gasteiger partial charge in [-0.05, 0) is 36.4 Å². The highest BCUT2D eigenvalue weighted by Gasteiger charge is 2.30. The standard InChI is InChI=1S/C26H17N5O2S/c1-30-21-13-7-5-11-19(21)29-26(30)24-18(15-27)25-28-20-12-6-8-14-22(20)31(25)16-23(24)34(32,33)17-9-3-2-4-10-17/h2-14,16H,1H3. The molecule has 0 aliphatic rings. The Morgan fingerprint density at radius 1 is 0.824 bits per heavy atom. The monoisotopic (exact) mass is 463 g/mol. The molecule has 6 rings (SSSR count). The number of rotatable bonds is 3. The Labute approximate surface area is 195 Å². The van der Waals surface area contributed by atoms with Gasteiger partial charge in [-0.2, -0.15) is 5.26 Å². The van der Waals surface area contributed by atoms with Gasteiger partial charge in [-0.15, -0.1) is 0 Å². The predicted molar refractivity (Wildman–Crippen MR) is 129 cm³/mol. The van der Waals surface area contributed by atoms with Crippen LogP contribution in [-0.4, -0.2) is 27.4 Å². The minimum atomic E-state index is -4.00. The first-order chi connectivity index (χ1) is 16.5. The maximum absolute atomic E-state index is 13.9. The van der Waals surface area contributed by atoms with Crippen LogP contribution in [-0.2, 0) is 16.9 Å². The molecule has 0 fully saturated rings. The summed E-state index contributed by atoms with van der Waals surface area (Å²) in [5, 5.41) is 10.3. The zero-order valence-corrected chi connectivity index (χ0v) is 18.9. The van der Waals surface area contributed by atoms with Gasteiger partial charge in [0.2, 0.25) is 9.84 Å². The Balaban J connectivity index is 1.82. The largest absolute Gasteiger partial charge is 0.327 e. The van der Waals surface area contributed by atoms with Crippen molar-refractivity contribution in [1.29, 1.82) is 5.26 Å². The van der Waals surface area contributed by atoms with Crippen LogP contribution in [0.3, 0.4) is 0 Å². The molecule has 0 saturated carbocycles. The first kappa shape index (κ1) is 20.1. The number of para-hydroxylation sites is 4. The Morgan fingerprint density at radius 2 is 1.44 bits per heavy atom. The summed E-state index contributed by atoms with van der Waals surface area (Å²) >= 11 is 0. The van der Waals surface area contributed by atoms with Crippen molar-refractivity contribution in [2.45, 2.75) is 9.79 Å². The second-order valence-electron chi connectivity index (χ2n) is 7.95. The van der Waals surface area contributed by atoms with Crippen LogP contribution in [0, 0.1) is 11.3 Å². The van der Waals surface area contributed by atoms with Gasteiger partial charge in [-0.3, -0.25) is 4.40 Å². The Kier molecular flexibility index (Phi) is 4.31. The first-order valence-electron chi connectivity index (χ1n) is 10.6. The Bertz CT molecular complexity index is 1890. The van der Waals surface area contributed by atoms with Gasteiger partial charge >= 0.3 is 0 Å². The summed E-state index contributed by atoms with van der Waals surface area (Å²) in [5.41, 5.74) is 3.72. The number of benzene rings is 3. The fraction of sp³-hybridized carbons (Fsp3) is 0.0385.